The van der Waals surface area contributed by atoms with Crippen LogP contribution in [0.3, 0.4) is 0 Å². The van der Waals surface area contributed by atoms with Gasteiger partial charge in [0, 0.05) is 28.5 Å². The van der Waals surface area contributed by atoms with E-state index in [-0.39, 0.29) is 6.61 Å². The van der Waals surface area contributed by atoms with Gasteiger partial charge in [0.25, 0.3) is 0 Å². The second kappa shape index (κ2) is 7.16. The highest BCUT2D eigenvalue weighted by Crippen LogP contribution is 2.19. The van der Waals surface area contributed by atoms with E-state index in [1.165, 1.54) is 0 Å². The molecule has 0 spiro atoms. The van der Waals surface area contributed by atoms with Crippen molar-refractivity contribution >= 4 is 23.5 Å². The average Bonchev–Trinajstić information content (AvgIpc) is 2.49. The van der Waals surface area contributed by atoms with Crippen molar-refractivity contribution in [3.8, 4) is 5.40 Å². The molecule has 100 valence electrons. The Morgan fingerprint density at radius 1 is 1.35 bits per heavy atom. The van der Waals surface area contributed by atoms with Crippen LogP contribution >= 0.6 is 11.8 Å². The number of amides is 1. The van der Waals surface area contributed by atoms with Gasteiger partial charge >= 0.3 is 6.09 Å². The van der Waals surface area contributed by atoms with Crippen molar-refractivity contribution in [3.63, 3.8) is 0 Å². The number of nitriles is 1. The summed E-state index contributed by atoms with van der Waals surface area (Å²) in [6.07, 6.45) is 2.76. The van der Waals surface area contributed by atoms with Crippen LogP contribution in [0.5, 0.6) is 0 Å². The molecule has 1 heterocycles. The zero-order chi connectivity index (χ0) is 14.2. The van der Waals surface area contributed by atoms with E-state index < -0.39 is 6.09 Å². The minimum atomic E-state index is -0.533. The van der Waals surface area contributed by atoms with Crippen molar-refractivity contribution in [2.45, 2.75) is 11.5 Å². The normalized spacial score (nSPS) is 9.55. The molecule has 1 amide bonds. The van der Waals surface area contributed by atoms with Crippen LogP contribution in [0, 0.1) is 10.7 Å². The predicted molar refractivity (Wildman–Crippen MR) is 76.0 cm³/mol. The molecule has 0 aliphatic carbocycles. The molecule has 20 heavy (non-hydrogen) atoms. The molecule has 0 aliphatic rings. The van der Waals surface area contributed by atoms with E-state index in [2.05, 4.69) is 10.3 Å². The van der Waals surface area contributed by atoms with Crippen LogP contribution in [-0.2, 0) is 11.3 Å². The monoisotopic (exact) mass is 285 g/mol. The lowest BCUT2D eigenvalue weighted by molar-refractivity contribution is 0.155. The molecule has 0 saturated heterocycles. The molecule has 0 bridgehead atoms. The lowest BCUT2D eigenvalue weighted by Gasteiger charge is -2.07. The Bertz CT molecular complexity index is 609. The molecule has 0 unspecified atom stereocenters. The molecule has 0 aliphatic heterocycles. The van der Waals surface area contributed by atoms with Crippen molar-refractivity contribution < 1.29 is 9.53 Å². The van der Waals surface area contributed by atoms with Crippen LogP contribution in [-0.4, -0.2) is 11.1 Å². The van der Waals surface area contributed by atoms with Gasteiger partial charge in [0.15, 0.2) is 0 Å². The number of thiocyanates is 1. The van der Waals surface area contributed by atoms with Crippen molar-refractivity contribution in [2.75, 3.05) is 5.32 Å². The Labute approximate surface area is 120 Å². The molecule has 5 nitrogen and oxygen atoms in total. The van der Waals surface area contributed by atoms with Gasteiger partial charge in [-0.05, 0) is 42.1 Å². The standard InChI is InChI=1S/C14H11N3O2S/c15-10-20-13-5-3-12(4-6-13)17-14(18)19-9-11-2-1-7-16-8-11/h1-8H,9H2,(H,17,18). The first-order valence-corrected chi connectivity index (χ1v) is 6.58. The topological polar surface area (TPSA) is 75.0 Å². The smallest absolute Gasteiger partial charge is 0.411 e. The fourth-order valence-corrected chi connectivity index (χ4v) is 1.82. The molecule has 6 heteroatoms. The average molecular weight is 285 g/mol. The maximum absolute atomic E-state index is 11.6. The van der Waals surface area contributed by atoms with Crippen LogP contribution in [0.4, 0.5) is 10.5 Å². The number of pyridine rings is 1. The Morgan fingerprint density at radius 3 is 2.80 bits per heavy atom. The first kappa shape index (κ1) is 13.9. The predicted octanol–water partition coefficient (Wildman–Crippen LogP) is 3.40. The number of rotatable bonds is 4. The van der Waals surface area contributed by atoms with Gasteiger partial charge < -0.3 is 4.74 Å². The quantitative estimate of drug-likeness (QED) is 0.688. The van der Waals surface area contributed by atoms with Gasteiger partial charge in [-0.2, -0.15) is 5.26 Å². The number of nitrogens with zero attached hydrogens (tertiary/aromatic N) is 2. The maximum atomic E-state index is 11.6. The number of nitrogens with one attached hydrogen (secondary N) is 1. The van der Waals surface area contributed by atoms with E-state index in [4.69, 9.17) is 10.00 Å². The third-order valence-corrected chi connectivity index (χ3v) is 2.96. The third kappa shape index (κ3) is 4.30. The van der Waals surface area contributed by atoms with E-state index in [9.17, 15) is 4.79 Å². The third-order valence-electron chi connectivity index (χ3n) is 2.36. The van der Waals surface area contributed by atoms with Gasteiger partial charge in [0.2, 0.25) is 0 Å². The Kier molecular flexibility index (Phi) is 4.98. The fourth-order valence-electron chi connectivity index (χ4n) is 1.45. The first-order valence-electron chi connectivity index (χ1n) is 5.76. The summed E-state index contributed by atoms with van der Waals surface area (Å²) in [5.74, 6) is 0. The molecule has 1 N–H and O–H groups in total. The van der Waals surface area contributed by atoms with Crippen molar-refractivity contribution in [1.29, 1.82) is 5.26 Å². The minimum Gasteiger partial charge on any atom is -0.444 e. The van der Waals surface area contributed by atoms with Crippen molar-refractivity contribution in [2.24, 2.45) is 0 Å². The second-order valence-electron chi connectivity index (χ2n) is 3.78. The Balaban J connectivity index is 1.84. The molecule has 0 atom stereocenters. The summed E-state index contributed by atoms with van der Waals surface area (Å²) in [5, 5.41) is 13.1. The summed E-state index contributed by atoms with van der Waals surface area (Å²) in [6.45, 7) is 0.169. The molecule has 0 saturated carbocycles. The van der Waals surface area contributed by atoms with Gasteiger partial charge in [-0.1, -0.05) is 6.07 Å². The summed E-state index contributed by atoms with van der Waals surface area (Å²) < 4.78 is 5.06. The summed E-state index contributed by atoms with van der Waals surface area (Å²) >= 11 is 1.07. The Hall–Kier alpha value is -2.52. The van der Waals surface area contributed by atoms with E-state index in [1.54, 1.807) is 42.7 Å². The molecular formula is C14H11N3O2S. The van der Waals surface area contributed by atoms with Gasteiger partial charge in [-0.25, -0.2) is 4.79 Å². The van der Waals surface area contributed by atoms with Crippen LogP contribution in [0.1, 0.15) is 5.56 Å². The molecule has 0 fully saturated rings. The number of ether oxygens (including phenoxy) is 1. The molecule has 1 aromatic heterocycles. The van der Waals surface area contributed by atoms with E-state index in [1.807, 2.05) is 11.5 Å². The summed E-state index contributed by atoms with van der Waals surface area (Å²) in [7, 11) is 0. The van der Waals surface area contributed by atoms with Crippen LogP contribution in [0.15, 0.2) is 53.7 Å². The van der Waals surface area contributed by atoms with E-state index >= 15 is 0 Å². The molecule has 2 aromatic rings. The lowest BCUT2D eigenvalue weighted by atomic mass is 10.3. The van der Waals surface area contributed by atoms with E-state index in [0.717, 1.165) is 22.2 Å². The van der Waals surface area contributed by atoms with E-state index in [0.29, 0.717) is 5.69 Å². The first-order chi connectivity index (χ1) is 9.78. The fraction of sp³-hybridized carbons (Fsp3) is 0.0714. The zero-order valence-corrected chi connectivity index (χ0v) is 11.3. The van der Waals surface area contributed by atoms with Gasteiger partial charge in [0.05, 0.1) is 0 Å². The number of hydrogen-bond acceptors (Lipinski definition) is 5. The summed E-state index contributed by atoms with van der Waals surface area (Å²) in [4.78, 5) is 16.3. The van der Waals surface area contributed by atoms with Gasteiger partial charge in [-0.3, -0.25) is 10.3 Å². The van der Waals surface area contributed by atoms with Crippen molar-refractivity contribution in [1.82, 2.24) is 4.98 Å². The zero-order valence-electron chi connectivity index (χ0n) is 10.4. The number of benzene rings is 1. The summed E-state index contributed by atoms with van der Waals surface area (Å²) in [5.41, 5.74) is 1.44. The number of anilines is 1. The highest BCUT2D eigenvalue weighted by molar-refractivity contribution is 8.03. The van der Waals surface area contributed by atoms with Gasteiger partial charge in [-0.15, -0.1) is 0 Å². The molecule has 2 rings (SSSR count). The van der Waals surface area contributed by atoms with Crippen LogP contribution in [0.2, 0.25) is 0 Å². The SMILES string of the molecule is N#CSc1ccc(NC(=O)OCc2cccnc2)cc1. The number of carbonyl (C=O) groups excluding carboxylic acids is 1. The number of carbonyl (C=O) groups is 1. The van der Waals surface area contributed by atoms with Gasteiger partial charge in [0.1, 0.15) is 12.0 Å². The number of thioether (sulfide) groups is 1. The highest BCUT2D eigenvalue weighted by Gasteiger charge is 2.04. The molecular weight excluding hydrogens is 274 g/mol. The maximum Gasteiger partial charge on any atom is 0.411 e. The molecule has 1 aromatic carbocycles. The summed E-state index contributed by atoms with van der Waals surface area (Å²) in [6, 6.07) is 10.5. The highest BCUT2D eigenvalue weighted by atomic mass is 32.2. The largest absolute Gasteiger partial charge is 0.444 e. The van der Waals surface area contributed by atoms with Crippen LogP contribution < -0.4 is 5.32 Å². The number of hydrogen-bond donors (Lipinski definition) is 1. The van der Waals surface area contributed by atoms with Crippen LogP contribution in [0.25, 0.3) is 0 Å². The number of aromatic nitrogens is 1. The van der Waals surface area contributed by atoms with Crippen molar-refractivity contribution in [3.05, 3.63) is 54.4 Å². The minimum absolute atomic E-state index is 0.169. The Morgan fingerprint density at radius 2 is 2.15 bits per heavy atom. The second-order valence-corrected chi connectivity index (χ2v) is 4.64. The molecule has 0 radical (unpaired) electrons. The lowest BCUT2D eigenvalue weighted by Crippen LogP contribution is -2.13.